The fraction of sp³-hybridized carbons (Fsp3) is 0.179. The normalized spacial score (nSPS) is 12.5. The Morgan fingerprint density at radius 3 is 2.03 bits per heavy atom. The highest BCUT2D eigenvalue weighted by molar-refractivity contribution is 6.17. The summed E-state index contributed by atoms with van der Waals surface area (Å²) in [7, 11) is 3.19. The Morgan fingerprint density at radius 1 is 0.861 bits per heavy atom. The molecule has 0 spiro atoms. The van der Waals surface area contributed by atoms with Crippen LogP contribution in [0.4, 0.5) is 0 Å². The van der Waals surface area contributed by atoms with Gasteiger partial charge in [-0.05, 0) is 12.1 Å². The summed E-state index contributed by atoms with van der Waals surface area (Å²) in [5, 5.41) is 14.0. The number of aromatic amines is 2. The van der Waals surface area contributed by atoms with Crippen molar-refractivity contribution in [2.75, 3.05) is 20.8 Å². The van der Waals surface area contributed by atoms with E-state index in [1.54, 1.807) is 26.6 Å². The lowest BCUT2D eigenvalue weighted by Crippen LogP contribution is -2.14. The molecule has 180 valence electrons. The number of H-pyrrole nitrogens is 2. The minimum Gasteiger partial charge on any atom is -0.494 e. The zero-order valence-corrected chi connectivity index (χ0v) is 19.8. The number of pyridine rings is 2. The molecule has 0 bridgehead atoms. The molecule has 0 fully saturated rings. The number of hydrogen-bond acceptors (Lipinski definition) is 6. The molecule has 4 heterocycles. The van der Waals surface area contributed by atoms with Crippen molar-refractivity contribution in [2.24, 2.45) is 0 Å². The highest BCUT2D eigenvalue weighted by Gasteiger charge is 2.26. The van der Waals surface area contributed by atoms with E-state index in [0.29, 0.717) is 28.4 Å². The van der Waals surface area contributed by atoms with Crippen LogP contribution in [0.2, 0.25) is 0 Å². The monoisotopic (exact) mass is 480 g/mol. The fourth-order valence-corrected chi connectivity index (χ4v) is 5.07. The smallest absolute Gasteiger partial charge is 0.184 e. The Balaban J connectivity index is 1.45. The number of benzene rings is 2. The van der Waals surface area contributed by atoms with Crippen molar-refractivity contribution in [3.05, 3.63) is 72.3 Å². The van der Waals surface area contributed by atoms with Crippen molar-refractivity contribution in [1.82, 2.24) is 19.9 Å². The summed E-state index contributed by atoms with van der Waals surface area (Å²) in [6.07, 6.45) is 3.25. The molecule has 6 rings (SSSR count). The quantitative estimate of drug-likeness (QED) is 0.274. The standard InChI is InChI=1S/C28H24N4O4/c1-35-21-12-29-25(27-23(21)16-7-3-5-9-18(16)31-27)15(14-33)11-20(34)26-28-24(22(36-2)13-30-26)17-8-4-6-10-19(17)32-28/h3-10,12-13,15,31-33H,11,14H2,1-2H3/t15-/m0/s1. The number of ether oxygens (including phenoxy) is 2. The van der Waals surface area contributed by atoms with Gasteiger partial charge in [0.1, 0.15) is 17.2 Å². The van der Waals surface area contributed by atoms with Gasteiger partial charge < -0.3 is 24.5 Å². The molecule has 8 nitrogen and oxygen atoms in total. The Hall–Kier alpha value is -4.43. The van der Waals surface area contributed by atoms with Crippen LogP contribution in [-0.2, 0) is 0 Å². The summed E-state index contributed by atoms with van der Waals surface area (Å²) < 4.78 is 11.1. The maximum Gasteiger partial charge on any atom is 0.184 e. The Bertz CT molecular complexity index is 1770. The molecule has 0 saturated carbocycles. The number of fused-ring (bicyclic) bond motifs is 6. The van der Waals surface area contributed by atoms with Crippen molar-refractivity contribution < 1.29 is 19.4 Å². The first-order valence-corrected chi connectivity index (χ1v) is 11.6. The summed E-state index contributed by atoms with van der Waals surface area (Å²) in [5.74, 6) is 0.484. The van der Waals surface area contributed by atoms with Crippen LogP contribution in [0.25, 0.3) is 43.6 Å². The van der Waals surface area contributed by atoms with Gasteiger partial charge in [0, 0.05) is 34.1 Å². The average Bonchev–Trinajstić information content (AvgIpc) is 3.50. The van der Waals surface area contributed by atoms with E-state index in [1.165, 1.54) is 0 Å². The highest BCUT2D eigenvalue weighted by atomic mass is 16.5. The first kappa shape index (κ1) is 22.1. The molecular weight excluding hydrogens is 456 g/mol. The number of aromatic nitrogens is 4. The van der Waals surface area contributed by atoms with Crippen LogP contribution >= 0.6 is 0 Å². The van der Waals surface area contributed by atoms with Crippen LogP contribution in [0.5, 0.6) is 11.5 Å². The predicted molar refractivity (Wildman–Crippen MR) is 139 cm³/mol. The molecule has 0 aliphatic carbocycles. The van der Waals surface area contributed by atoms with Crippen molar-refractivity contribution in [3.8, 4) is 11.5 Å². The molecule has 2 aromatic carbocycles. The Labute approximate surface area is 205 Å². The van der Waals surface area contributed by atoms with E-state index in [9.17, 15) is 9.90 Å². The topological polar surface area (TPSA) is 113 Å². The van der Waals surface area contributed by atoms with Gasteiger partial charge in [-0.15, -0.1) is 0 Å². The molecule has 3 N–H and O–H groups in total. The van der Waals surface area contributed by atoms with Crippen LogP contribution in [-0.4, -0.2) is 51.7 Å². The lowest BCUT2D eigenvalue weighted by atomic mass is 9.95. The zero-order chi connectivity index (χ0) is 24.8. The number of rotatable bonds is 7. The fourth-order valence-electron chi connectivity index (χ4n) is 5.07. The molecule has 0 radical (unpaired) electrons. The highest BCUT2D eigenvalue weighted by Crippen LogP contribution is 2.38. The van der Waals surface area contributed by atoms with Crippen molar-refractivity contribution in [1.29, 1.82) is 0 Å². The third kappa shape index (κ3) is 3.30. The summed E-state index contributed by atoms with van der Waals surface area (Å²) in [6.45, 7) is -0.248. The summed E-state index contributed by atoms with van der Waals surface area (Å²) >= 11 is 0. The van der Waals surface area contributed by atoms with E-state index < -0.39 is 5.92 Å². The van der Waals surface area contributed by atoms with Gasteiger partial charge in [0.15, 0.2) is 5.78 Å². The van der Waals surface area contributed by atoms with Gasteiger partial charge in [-0.25, -0.2) is 4.98 Å². The van der Waals surface area contributed by atoms with E-state index in [0.717, 1.165) is 38.1 Å². The number of carbonyl (C=O) groups excluding carboxylic acids is 1. The number of hydrogen-bond donors (Lipinski definition) is 3. The van der Waals surface area contributed by atoms with Gasteiger partial charge >= 0.3 is 0 Å². The third-order valence-electron chi connectivity index (χ3n) is 6.77. The SMILES string of the molecule is COc1cnc(C(=O)C[C@@H](CO)c2ncc(OC)c3c2[nH]c2ccccc23)c2[nH]c3ccccc3c12. The lowest BCUT2D eigenvalue weighted by Gasteiger charge is -2.15. The van der Waals surface area contributed by atoms with E-state index in [4.69, 9.17) is 9.47 Å². The molecule has 8 heteroatoms. The Morgan fingerprint density at radius 2 is 1.42 bits per heavy atom. The number of nitrogens with zero attached hydrogens (tertiary/aromatic N) is 2. The van der Waals surface area contributed by atoms with E-state index in [2.05, 4.69) is 19.9 Å². The molecule has 0 amide bonds. The number of methoxy groups -OCH3 is 2. The van der Waals surface area contributed by atoms with Crippen LogP contribution in [0.15, 0.2) is 60.9 Å². The Kier molecular flexibility index (Phi) is 5.30. The molecule has 0 saturated heterocycles. The average molecular weight is 481 g/mol. The number of Topliss-reactive ketones (excluding diaryl/α,β-unsaturated/α-hetero) is 1. The molecule has 0 aliphatic rings. The van der Waals surface area contributed by atoms with Gasteiger partial charge in [0.05, 0.1) is 60.7 Å². The van der Waals surface area contributed by atoms with Crippen LogP contribution in [0, 0.1) is 0 Å². The number of ketones is 1. The van der Waals surface area contributed by atoms with Gasteiger partial charge in [0.25, 0.3) is 0 Å². The van der Waals surface area contributed by atoms with Crippen LogP contribution in [0.3, 0.4) is 0 Å². The molecule has 0 unspecified atom stereocenters. The van der Waals surface area contributed by atoms with E-state index in [-0.39, 0.29) is 18.8 Å². The largest absolute Gasteiger partial charge is 0.494 e. The number of para-hydroxylation sites is 2. The zero-order valence-electron chi connectivity index (χ0n) is 19.8. The van der Waals surface area contributed by atoms with Gasteiger partial charge in [-0.2, -0.15) is 0 Å². The first-order chi connectivity index (χ1) is 17.6. The maximum absolute atomic E-state index is 13.6. The molecule has 36 heavy (non-hydrogen) atoms. The molecule has 4 aromatic heterocycles. The second-order valence-electron chi connectivity index (χ2n) is 8.73. The van der Waals surface area contributed by atoms with Crippen molar-refractivity contribution >= 4 is 49.4 Å². The van der Waals surface area contributed by atoms with E-state index in [1.807, 2.05) is 48.5 Å². The number of carbonyl (C=O) groups is 1. The van der Waals surface area contributed by atoms with Gasteiger partial charge in [-0.3, -0.25) is 9.78 Å². The summed E-state index contributed by atoms with van der Waals surface area (Å²) in [4.78, 5) is 29.4. The molecular formula is C28H24N4O4. The molecule has 0 aliphatic heterocycles. The maximum atomic E-state index is 13.6. The third-order valence-corrected chi connectivity index (χ3v) is 6.77. The molecule has 1 atom stereocenters. The second-order valence-corrected chi connectivity index (χ2v) is 8.73. The van der Waals surface area contributed by atoms with Crippen LogP contribution in [0.1, 0.15) is 28.5 Å². The lowest BCUT2D eigenvalue weighted by molar-refractivity contribution is 0.0956. The van der Waals surface area contributed by atoms with Gasteiger partial charge in [0.2, 0.25) is 0 Å². The second kappa shape index (κ2) is 8.66. The van der Waals surface area contributed by atoms with E-state index >= 15 is 0 Å². The number of aliphatic hydroxyl groups excluding tert-OH is 1. The van der Waals surface area contributed by atoms with Crippen molar-refractivity contribution in [2.45, 2.75) is 12.3 Å². The number of aliphatic hydroxyl groups is 1. The van der Waals surface area contributed by atoms with Crippen molar-refractivity contribution in [3.63, 3.8) is 0 Å². The summed E-state index contributed by atoms with van der Waals surface area (Å²) in [6, 6.07) is 15.7. The van der Waals surface area contributed by atoms with Crippen LogP contribution < -0.4 is 9.47 Å². The number of nitrogens with one attached hydrogen (secondary N) is 2. The minimum absolute atomic E-state index is 0.0318. The predicted octanol–water partition coefficient (Wildman–Crippen LogP) is 5.11. The first-order valence-electron chi connectivity index (χ1n) is 11.6. The van der Waals surface area contributed by atoms with Gasteiger partial charge in [-0.1, -0.05) is 36.4 Å². The minimum atomic E-state index is -0.540. The summed E-state index contributed by atoms with van der Waals surface area (Å²) in [5.41, 5.74) is 4.11. The molecule has 6 aromatic rings.